The van der Waals surface area contributed by atoms with Crippen molar-refractivity contribution in [1.82, 2.24) is 9.88 Å². The van der Waals surface area contributed by atoms with Crippen LogP contribution in [0.15, 0.2) is 12.1 Å². The first-order chi connectivity index (χ1) is 9.47. The lowest BCUT2D eigenvalue weighted by Gasteiger charge is -2.36. The molecule has 0 radical (unpaired) electrons. The third-order valence-corrected chi connectivity index (χ3v) is 3.56. The summed E-state index contributed by atoms with van der Waals surface area (Å²) in [5.41, 5.74) is 7.67. The molecule has 1 aromatic heterocycles. The fourth-order valence-electron chi connectivity index (χ4n) is 2.45. The van der Waals surface area contributed by atoms with E-state index in [0.717, 1.165) is 37.7 Å². The molecule has 1 aliphatic heterocycles. The number of rotatable bonds is 3. The Bertz CT molecular complexity index is 479. The summed E-state index contributed by atoms with van der Waals surface area (Å²) in [4.78, 5) is 20.7. The molecular formula is C15H24N4O. The maximum Gasteiger partial charge on any atom is 0.222 e. The number of aryl methyl sites for hydroxylation is 1. The van der Waals surface area contributed by atoms with Crippen LogP contribution in [0.4, 0.5) is 11.5 Å². The minimum atomic E-state index is 0.254. The summed E-state index contributed by atoms with van der Waals surface area (Å²) in [7, 11) is 0. The molecule has 20 heavy (non-hydrogen) atoms. The molecule has 0 aromatic carbocycles. The van der Waals surface area contributed by atoms with Crippen molar-refractivity contribution >= 4 is 17.4 Å². The molecule has 0 aliphatic carbocycles. The standard InChI is InChI=1S/C15H24N4O/c1-11(2)10-14(20)18-6-8-19(9-7-18)15-13(16)5-4-12(3)17-15/h4-5,11H,6-10,16H2,1-3H3. The van der Waals surface area contributed by atoms with E-state index in [-0.39, 0.29) is 5.91 Å². The summed E-state index contributed by atoms with van der Waals surface area (Å²) < 4.78 is 0. The Hall–Kier alpha value is -1.78. The minimum absolute atomic E-state index is 0.254. The summed E-state index contributed by atoms with van der Waals surface area (Å²) in [5, 5.41) is 0. The highest BCUT2D eigenvalue weighted by molar-refractivity contribution is 5.76. The Balaban J connectivity index is 1.97. The van der Waals surface area contributed by atoms with Crippen LogP contribution in [0.5, 0.6) is 0 Å². The van der Waals surface area contributed by atoms with Gasteiger partial charge in [-0.05, 0) is 25.0 Å². The Morgan fingerprint density at radius 3 is 2.55 bits per heavy atom. The highest BCUT2D eigenvalue weighted by Crippen LogP contribution is 2.22. The first kappa shape index (κ1) is 14.6. The van der Waals surface area contributed by atoms with Gasteiger partial charge in [0, 0.05) is 38.3 Å². The molecule has 2 heterocycles. The number of anilines is 2. The van der Waals surface area contributed by atoms with Crippen LogP contribution in [-0.4, -0.2) is 42.0 Å². The smallest absolute Gasteiger partial charge is 0.222 e. The van der Waals surface area contributed by atoms with Crippen LogP contribution in [0.1, 0.15) is 26.0 Å². The largest absolute Gasteiger partial charge is 0.396 e. The number of aromatic nitrogens is 1. The Kier molecular flexibility index (Phi) is 4.47. The van der Waals surface area contributed by atoms with Gasteiger partial charge in [-0.1, -0.05) is 13.8 Å². The lowest BCUT2D eigenvalue weighted by Crippen LogP contribution is -2.49. The number of pyridine rings is 1. The van der Waals surface area contributed by atoms with Gasteiger partial charge in [-0.3, -0.25) is 4.79 Å². The van der Waals surface area contributed by atoms with E-state index in [9.17, 15) is 4.79 Å². The number of hydrogen-bond donors (Lipinski definition) is 1. The second kappa shape index (κ2) is 6.11. The normalized spacial score (nSPS) is 15.8. The molecular weight excluding hydrogens is 252 g/mol. The quantitative estimate of drug-likeness (QED) is 0.912. The summed E-state index contributed by atoms with van der Waals surface area (Å²) in [6, 6.07) is 3.81. The molecule has 1 fully saturated rings. The van der Waals surface area contributed by atoms with Crippen molar-refractivity contribution in [2.75, 3.05) is 36.8 Å². The number of piperazine rings is 1. The molecule has 1 saturated heterocycles. The monoisotopic (exact) mass is 276 g/mol. The number of hydrogen-bond acceptors (Lipinski definition) is 4. The van der Waals surface area contributed by atoms with Gasteiger partial charge in [0.15, 0.2) is 5.82 Å². The van der Waals surface area contributed by atoms with Gasteiger partial charge in [-0.25, -0.2) is 4.98 Å². The van der Waals surface area contributed by atoms with Crippen molar-refractivity contribution in [3.05, 3.63) is 17.8 Å². The number of nitrogen functional groups attached to an aromatic ring is 1. The predicted octanol–water partition coefficient (Wildman–Crippen LogP) is 1.67. The van der Waals surface area contributed by atoms with Gasteiger partial charge in [-0.2, -0.15) is 0 Å². The van der Waals surface area contributed by atoms with Crippen molar-refractivity contribution in [2.45, 2.75) is 27.2 Å². The average molecular weight is 276 g/mol. The van der Waals surface area contributed by atoms with Crippen LogP contribution >= 0.6 is 0 Å². The first-order valence-electron chi connectivity index (χ1n) is 7.23. The number of nitrogens with two attached hydrogens (primary N) is 1. The van der Waals surface area contributed by atoms with Gasteiger partial charge in [0.25, 0.3) is 0 Å². The summed E-state index contributed by atoms with van der Waals surface area (Å²) >= 11 is 0. The molecule has 1 amide bonds. The maximum atomic E-state index is 12.0. The van der Waals surface area contributed by atoms with E-state index >= 15 is 0 Å². The fourth-order valence-corrected chi connectivity index (χ4v) is 2.45. The second-order valence-electron chi connectivity index (χ2n) is 5.83. The van der Waals surface area contributed by atoms with Gasteiger partial charge in [-0.15, -0.1) is 0 Å². The van der Waals surface area contributed by atoms with Crippen molar-refractivity contribution in [1.29, 1.82) is 0 Å². The number of nitrogens with zero attached hydrogens (tertiary/aromatic N) is 3. The van der Waals surface area contributed by atoms with E-state index in [1.54, 1.807) is 0 Å². The van der Waals surface area contributed by atoms with Gasteiger partial charge >= 0.3 is 0 Å². The average Bonchev–Trinajstić information content (AvgIpc) is 2.41. The molecule has 2 N–H and O–H groups in total. The minimum Gasteiger partial charge on any atom is -0.396 e. The predicted molar refractivity (Wildman–Crippen MR) is 81.6 cm³/mol. The Morgan fingerprint density at radius 2 is 1.95 bits per heavy atom. The molecule has 0 bridgehead atoms. The van der Waals surface area contributed by atoms with Gasteiger partial charge < -0.3 is 15.5 Å². The first-order valence-corrected chi connectivity index (χ1v) is 7.23. The molecule has 0 atom stereocenters. The lowest BCUT2D eigenvalue weighted by atomic mass is 10.1. The van der Waals surface area contributed by atoms with E-state index in [1.165, 1.54) is 0 Å². The number of carbonyl (C=O) groups excluding carboxylic acids is 1. The van der Waals surface area contributed by atoms with Crippen LogP contribution < -0.4 is 10.6 Å². The SMILES string of the molecule is Cc1ccc(N)c(N2CCN(C(=O)CC(C)C)CC2)n1. The zero-order chi connectivity index (χ0) is 14.7. The van der Waals surface area contributed by atoms with E-state index in [0.29, 0.717) is 18.0 Å². The zero-order valence-electron chi connectivity index (χ0n) is 12.6. The van der Waals surface area contributed by atoms with E-state index in [4.69, 9.17) is 5.73 Å². The van der Waals surface area contributed by atoms with Crippen molar-refractivity contribution in [2.24, 2.45) is 5.92 Å². The van der Waals surface area contributed by atoms with E-state index < -0.39 is 0 Å². The van der Waals surface area contributed by atoms with Crippen LogP contribution in [0.25, 0.3) is 0 Å². The highest BCUT2D eigenvalue weighted by Gasteiger charge is 2.23. The molecule has 1 aliphatic rings. The maximum absolute atomic E-state index is 12.0. The zero-order valence-corrected chi connectivity index (χ0v) is 12.6. The van der Waals surface area contributed by atoms with Crippen LogP contribution in [0, 0.1) is 12.8 Å². The highest BCUT2D eigenvalue weighted by atomic mass is 16.2. The van der Waals surface area contributed by atoms with Crippen molar-refractivity contribution < 1.29 is 4.79 Å². The molecule has 1 aromatic rings. The van der Waals surface area contributed by atoms with Crippen LogP contribution in [0.3, 0.4) is 0 Å². The van der Waals surface area contributed by atoms with Gasteiger partial charge in [0.1, 0.15) is 0 Å². The fraction of sp³-hybridized carbons (Fsp3) is 0.600. The molecule has 2 rings (SSSR count). The molecule has 0 spiro atoms. The molecule has 5 nitrogen and oxygen atoms in total. The third-order valence-electron chi connectivity index (χ3n) is 3.56. The van der Waals surface area contributed by atoms with Crippen molar-refractivity contribution in [3.63, 3.8) is 0 Å². The summed E-state index contributed by atoms with van der Waals surface area (Å²) in [6.45, 7) is 9.21. The van der Waals surface area contributed by atoms with Crippen molar-refractivity contribution in [3.8, 4) is 0 Å². The van der Waals surface area contributed by atoms with E-state index in [1.807, 2.05) is 24.0 Å². The van der Waals surface area contributed by atoms with Gasteiger partial charge in [0.05, 0.1) is 5.69 Å². The molecule has 0 unspecified atom stereocenters. The lowest BCUT2D eigenvalue weighted by molar-refractivity contribution is -0.132. The third kappa shape index (κ3) is 3.40. The van der Waals surface area contributed by atoms with Crippen LogP contribution in [0.2, 0.25) is 0 Å². The van der Waals surface area contributed by atoms with Gasteiger partial charge in [0.2, 0.25) is 5.91 Å². The topological polar surface area (TPSA) is 62.5 Å². The molecule has 5 heteroatoms. The summed E-state index contributed by atoms with van der Waals surface area (Å²) in [6.07, 6.45) is 0.630. The Morgan fingerprint density at radius 1 is 1.30 bits per heavy atom. The molecule has 0 saturated carbocycles. The number of amides is 1. The van der Waals surface area contributed by atoms with Crippen LogP contribution in [-0.2, 0) is 4.79 Å². The second-order valence-corrected chi connectivity index (χ2v) is 5.83. The number of carbonyl (C=O) groups is 1. The summed E-state index contributed by atoms with van der Waals surface area (Å²) in [5.74, 6) is 1.51. The Labute approximate surface area is 120 Å². The molecule has 110 valence electrons. The van der Waals surface area contributed by atoms with E-state index in [2.05, 4.69) is 23.7 Å².